The van der Waals surface area contributed by atoms with Crippen LogP contribution < -0.4 is 0 Å². The van der Waals surface area contributed by atoms with E-state index >= 15 is 0 Å². The van der Waals surface area contributed by atoms with Crippen LogP contribution in [0, 0.1) is 27.2 Å². The maximum absolute atomic E-state index is 5.82. The van der Waals surface area contributed by atoms with Crippen LogP contribution in [-0.4, -0.2) is 24.7 Å². The Kier molecular flexibility index (Phi) is 4.79. The molecule has 0 spiro atoms. The van der Waals surface area contributed by atoms with Gasteiger partial charge in [0.25, 0.3) is 0 Å². The molecule has 1 fully saturated rings. The first-order valence-electron chi connectivity index (χ1n) is 6.85. The maximum atomic E-state index is 5.82. The molecule has 1 aliphatic heterocycles. The predicted octanol–water partition coefficient (Wildman–Crippen LogP) is 3.39. The van der Waals surface area contributed by atoms with Crippen molar-refractivity contribution in [1.82, 2.24) is 4.90 Å². The quantitative estimate of drug-likeness (QED) is 0.807. The fourth-order valence-corrected chi connectivity index (χ4v) is 2.43. The third kappa shape index (κ3) is 3.56. The molecule has 99 valence electrons. The average molecular weight is 246 g/mol. The molecule has 2 rings (SSSR count). The topological polar surface area (TPSA) is 12.5 Å². The van der Waals surface area contributed by atoms with E-state index in [1.807, 2.05) is 0 Å². The van der Waals surface area contributed by atoms with Crippen molar-refractivity contribution in [1.29, 1.82) is 0 Å². The lowest BCUT2D eigenvalue weighted by atomic mass is 10.0. The number of hydrogen-bond donors (Lipinski definition) is 0. The van der Waals surface area contributed by atoms with Crippen molar-refractivity contribution >= 4 is 0 Å². The first-order valence-corrected chi connectivity index (χ1v) is 6.85. The Morgan fingerprint density at radius 1 is 1.06 bits per heavy atom. The first-order chi connectivity index (χ1) is 8.66. The highest BCUT2D eigenvalue weighted by molar-refractivity contribution is 5.36. The van der Waals surface area contributed by atoms with Gasteiger partial charge in [-0.3, -0.25) is 4.90 Å². The summed E-state index contributed by atoms with van der Waals surface area (Å²) in [6, 6.07) is 4.48. The van der Waals surface area contributed by atoms with Crippen molar-refractivity contribution < 1.29 is 4.74 Å². The van der Waals surface area contributed by atoms with Gasteiger partial charge in [-0.05, 0) is 62.3 Å². The summed E-state index contributed by atoms with van der Waals surface area (Å²) in [5.74, 6) is 0. The van der Waals surface area contributed by atoms with Crippen molar-refractivity contribution in [3.63, 3.8) is 0 Å². The van der Waals surface area contributed by atoms with Gasteiger partial charge in [-0.2, -0.15) is 0 Å². The molecule has 0 atom stereocenters. The lowest BCUT2D eigenvalue weighted by molar-refractivity contribution is 0.0144. The molecule has 0 aromatic heterocycles. The normalized spacial score (nSPS) is 17.1. The lowest BCUT2D eigenvalue weighted by Gasteiger charge is -2.25. The Hall–Kier alpha value is -0.860. The number of likely N-dealkylation sites (tertiary alicyclic amines) is 1. The standard InChI is InChI=1S/C16H24NO/c1-13-9-16(10-14(2)15(13)3)11-18-12-17-7-5-4-6-8-17/h4,9-10H,5-8,11-12H2,1-3H3. The SMILES string of the molecule is Cc1cc(COCN2CC[CH]CC2)cc(C)c1C. The average Bonchev–Trinajstić information content (AvgIpc) is 2.37. The van der Waals surface area contributed by atoms with E-state index in [1.54, 1.807) is 0 Å². The van der Waals surface area contributed by atoms with Crippen LogP contribution in [0.4, 0.5) is 0 Å². The third-order valence-electron chi connectivity index (χ3n) is 3.83. The number of rotatable bonds is 4. The Balaban J connectivity index is 1.82. The molecule has 0 saturated carbocycles. The molecule has 0 unspecified atom stereocenters. The van der Waals surface area contributed by atoms with Gasteiger partial charge in [0, 0.05) is 13.1 Å². The summed E-state index contributed by atoms with van der Waals surface area (Å²) in [6.45, 7) is 10.3. The first kappa shape index (κ1) is 13.6. The lowest BCUT2D eigenvalue weighted by Crippen LogP contribution is -2.31. The van der Waals surface area contributed by atoms with Gasteiger partial charge >= 0.3 is 0 Å². The minimum Gasteiger partial charge on any atom is -0.361 e. The number of piperidine rings is 1. The predicted molar refractivity (Wildman–Crippen MR) is 75.4 cm³/mol. The van der Waals surface area contributed by atoms with Crippen LogP contribution in [0.25, 0.3) is 0 Å². The largest absolute Gasteiger partial charge is 0.361 e. The number of hydrogen-bond acceptors (Lipinski definition) is 2. The van der Waals surface area contributed by atoms with Crippen LogP contribution >= 0.6 is 0 Å². The number of benzene rings is 1. The van der Waals surface area contributed by atoms with Gasteiger partial charge in [-0.15, -0.1) is 0 Å². The fourth-order valence-electron chi connectivity index (χ4n) is 2.43. The molecule has 0 N–H and O–H groups in total. The highest BCUT2D eigenvalue weighted by Gasteiger charge is 2.09. The molecule has 1 radical (unpaired) electrons. The van der Waals surface area contributed by atoms with Crippen molar-refractivity contribution in [2.24, 2.45) is 0 Å². The van der Waals surface area contributed by atoms with Gasteiger partial charge in [0.15, 0.2) is 0 Å². The highest BCUT2D eigenvalue weighted by Crippen LogP contribution is 2.16. The van der Waals surface area contributed by atoms with Crippen LogP contribution in [-0.2, 0) is 11.3 Å². The molecule has 18 heavy (non-hydrogen) atoms. The third-order valence-corrected chi connectivity index (χ3v) is 3.83. The van der Waals surface area contributed by atoms with Crippen LogP contribution in [0.15, 0.2) is 12.1 Å². The maximum Gasteiger partial charge on any atom is 0.0994 e. The van der Waals surface area contributed by atoms with Crippen molar-refractivity contribution in [3.05, 3.63) is 40.8 Å². The molecule has 1 aliphatic rings. The zero-order valence-electron chi connectivity index (χ0n) is 11.8. The van der Waals surface area contributed by atoms with E-state index in [-0.39, 0.29) is 0 Å². The zero-order valence-corrected chi connectivity index (χ0v) is 11.8. The number of aryl methyl sites for hydroxylation is 2. The van der Waals surface area contributed by atoms with Gasteiger partial charge in [0.1, 0.15) is 0 Å². The molecular formula is C16H24NO. The van der Waals surface area contributed by atoms with E-state index in [4.69, 9.17) is 4.74 Å². The summed E-state index contributed by atoms with van der Waals surface area (Å²) >= 11 is 0. The van der Waals surface area contributed by atoms with E-state index in [0.29, 0.717) is 0 Å². The summed E-state index contributed by atoms with van der Waals surface area (Å²) in [6.07, 6.45) is 4.77. The van der Waals surface area contributed by atoms with E-state index in [1.165, 1.54) is 35.1 Å². The summed E-state index contributed by atoms with van der Waals surface area (Å²) < 4.78 is 5.82. The minimum atomic E-state index is 0.724. The van der Waals surface area contributed by atoms with Crippen LogP contribution in [0.5, 0.6) is 0 Å². The zero-order chi connectivity index (χ0) is 13.0. The van der Waals surface area contributed by atoms with E-state index in [9.17, 15) is 0 Å². The molecule has 1 aromatic rings. The Bertz CT molecular complexity index is 371. The second-order valence-electron chi connectivity index (χ2n) is 5.32. The molecule has 0 aliphatic carbocycles. The van der Waals surface area contributed by atoms with E-state index in [0.717, 1.165) is 26.4 Å². The van der Waals surface area contributed by atoms with E-state index < -0.39 is 0 Å². The Labute approximate surface area is 111 Å². The Morgan fingerprint density at radius 2 is 1.67 bits per heavy atom. The second kappa shape index (κ2) is 6.35. The summed E-state index contributed by atoms with van der Waals surface area (Å²) in [5, 5.41) is 0. The van der Waals surface area contributed by atoms with Crippen molar-refractivity contribution in [3.8, 4) is 0 Å². The highest BCUT2D eigenvalue weighted by atomic mass is 16.5. The fraction of sp³-hybridized carbons (Fsp3) is 0.562. The molecule has 0 bridgehead atoms. The second-order valence-corrected chi connectivity index (χ2v) is 5.32. The summed E-state index contributed by atoms with van der Waals surface area (Å²) in [7, 11) is 0. The summed E-state index contributed by atoms with van der Waals surface area (Å²) in [4.78, 5) is 2.38. The molecule has 1 heterocycles. The molecular weight excluding hydrogens is 222 g/mol. The molecule has 1 saturated heterocycles. The molecule has 0 amide bonds. The summed E-state index contributed by atoms with van der Waals surface area (Å²) in [5.41, 5.74) is 5.41. The monoisotopic (exact) mass is 246 g/mol. The van der Waals surface area contributed by atoms with Gasteiger partial charge in [0.05, 0.1) is 13.3 Å². The van der Waals surface area contributed by atoms with Gasteiger partial charge < -0.3 is 4.74 Å². The molecule has 2 heteroatoms. The molecule has 1 aromatic carbocycles. The Morgan fingerprint density at radius 3 is 2.28 bits per heavy atom. The minimum absolute atomic E-state index is 0.724. The smallest absolute Gasteiger partial charge is 0.0994 e. The molecule has 2 nitrogen and oxygen atoms in total. The number of ether oxygens (including phenoxy) is 1. The van der Waals surface area contributed by atoms with Crippen molar-refractivity contribution in [2.45, 2.75) is 40.2 Å². The van der Waals surface area contributed by atoms with Crippen LogP contribution in [0.2, 0.25) is 0 Å². The van der Waals surface area contributed by atoms with Gasteiger partial charge in [-0.1, -0.05) is 12.1 Å². The van der Waals surface area contributed by atoms with Crippen LogP contribution in [0.1, 0.15) is 35.1 Å². The van der Waals surface area contributed by atoms with Gasteiger partial charge in [0.2, 0.25) is 0 Å². The van der Waals surface area contributed by atoms with Crippen molar-refractivity contribution in [2.75, 3.05) is 19.8 Å². The van der Waals surface area contributed by atoms with E-state index in [2.05, 4.69) is 44.2 Å². The van der Waals surface area contributed by atoms with Crippen LogP contribution in [0.3, 0.4) is 0 Å². The van der Waals surface area contributed by atoms with Gasteiger partial charge in [-0.25, -0.2) is 0 Å². The number of nitrogens with zero attached hydrogens (tertiary/aromatic N) is 1.